The normalized spacial score (nSPS) is 36.3. The first-order chi connectivity index (χ1) is 13.3. The zero-order valence-electron chi connectivity index (χ0n) is 16.7. The molecule has 4 aliphatic rings. The molecule has 2 unspecified atom stereocenters. The maximum Gasteiger partial charge on any atom is 0.246 e. The van der Waals surface area contributed by atoms with Crippen molar-refractivity contribution in [3.05, 3.63) is 42.0 Å². The third-order valence-corrected chi connectivity index (χ3v) is 7.42. The van der Waals surface area contributed by atoms with E-state index in [9.17, 15) is 9.90 Å². The van der Waals surface area contributed by atoms with E-state index >= 15 is 0 Å². The zero-order valence-corrected chi connectivity index (χ0v) is 16.7. The molecule has 4 aliphatic carbocycles. The number of aromatic hydroxyl groups is 1. The lowest BCUT2D eigenvalue weighted by atomic mass is 9.40. The predicted octanol–water partition coefficient (Wildman–Crippen LogP) is 4.99. The highest BCUT2D eigenvalue weighted by Gasteiger charge is 2.62. The van der Waals surface area contributed by atoms with Crippen LogP contribution in [0.3, 0.4) is 0 Å². The summed E-state index contributed by atoms with van der Waals surface area (Å²) in [6.45, 7) is 4.74. The van der Waals surface area contributed by atoms with E-state index in [-0.39, 0.29) is 17.1 Å². The van der Waals surface area contributed by atoms with Gasteiger partial charge in [0.25, 0.3) is 0 Å². The molecule has 0 saturated heterocycles. The molecule has 4 saturated carbocycles. The van der Waals surface area contributed by atoms with Crippen molar-refractivity contribution in [1.29, 1.82) is 0 Å². The van der Waals surface area contributed by atoms with Gasteiger partial charge < -0.3 is 5.11 Å². The highest BCUT2D eigenvalue weighted by Crippen LogP contribution is 2.69. The van der Waals surface area contributed by atoms with E-state index in [1.165, 1.54) is 19.3 Å². The minimum absolute atomic E-state index is 0.0602. The quantitative estimate of drug-likeness (QED) is 0.585. The number of rotatable bonds is 3. The molecule has 4 fully saturated rings. The van der Waals surface area contributed by atoms with Gasteiger partial charge in [-0.05, 0) is 72.1 Å². The summed E-state index contributed by atoms with van der Waals surface area (Å²) in [6, 6.07) is 11.4. The predicted molar refractivity (Wildman–Crippen MR) is 111 cm³/mol. The van der Waals surface area contributed by atoms with Crippen LogP contribution in [0.25, 0.3) is 10.8 Å². The fourth-order valence-corrected chi connectivity index (χ4v) is 7.39. The fraction of sp³-hybridized carbons (Fsp3) is 0.500. The average molecular weight is 377 g/mol. The van der Waals surface area contributed by atoms with Gasteiger partial charge in [0.15, 0.2) is 0 Å². The van der Waals surface area contributed by atoms with Crippen LogP contribution in [0.4, 0.5) is 0 Å². The van der Waals surface area contributed by atoms with Crippen molar-refractivity contribution in [2.24, 2.45) is 27.3 Å². The lowest BCUT2D eigenvalue weighted by molar-refractivity contribution is -0.170. The van der Waals surface area contributed by atoms with Crippen molar-refractivity contribution in [3.63, 3.8) is 0 Å². The van der Waals surface area contributed by atoms with Gasteiger partial charge in [0.2, 0.25) is 5.91 Å². The lowest BCUT2D eigenvalue weighted by Gasteiger charge is -2.64. The van der Waals surface area contributed by atoms with E-state index in [1.54, 1.807) is 12.3 Å². The van der Waals surface area contributed by atoms with Crippen molar-refractivity contribution in [2.75, 3.05) is 0 Å². The van der Waals surface area contributed by atoms with Crippen molar-refractivity contribution < 1.29 is 9.90 Å². The maximum absolute atomic E-state index is 13.2. The van der Waals surface area contributed by atoms with Crippen LogP contribution in [0.2, 0.25) is 0 Å². The second kappa shape index (κ2) is 5.82. The number of benzene rings is 2. The summed E-state index contributed by atoms with van der Waals surface area (Å²) >= 11 is 0. The molecule has 0 radical (unpaired) electrons. The minimum Gasteiger partial charge on any atom is -0.507 e. The number of carbonyl (C=O) groups excluding carboxylic acids is 1. The number of carbonyl (C=O) groups is 1. The van der Waals surface area contributed by atoms with Gasteiger partial charge >= 0.3 is 0 Å². The summed E-state index contributed by atoms with van der Waals surface area (Å²) in [6.07, 6.45) is 8.33. The average Bonchev–Trinajstić information content (AvgIpc) is 2.60. The molecule has 0 aromatic heterocycles. The molecular formula is C24H28N2O2. The third-order valence-electron chi connectivity index (χ3n) is 7.42. The standard InChI is InChI=1S/C24H28N2O2/c1-22-9-16-10-23(2,13-22)15-24(11-16,14-22)21(28)26-25-12-19-18-6-4-3-5-17(18)7-8-20(19)27/h3-8,12,16,27H,9-11,13-15H2,1-2H3,(H,26,28). The molecule has 0 heterocycles. The Morgan fingerprint density at radius 3 is 2.50 bits per heavy atom. The largest absolute Gasteiger partial charge is 0.507 e. The molecule has 2 aromatic rings. The van der Waals surface area contributed by atoms with E-state index in [0.29, 0.717) is 22.3 Å². The number of nitrogens with one attached hydrogen (secondary N) is 1. The molecule has 28 heavy (non-hydrogen) atoms. The van der Waals surface area contributed by atoms with Crippen LogP contribution in [-0.2, 0) is 4.79 Å². The highest BCUT2D eigenvalue weighted by atomic mass is 16.3. The van der Waals surface area contributed by atoms with Gasteiger partial charge in [-0.15, -0.1) is 0 Å². The molecule has 6 rings (SSSR count). The molecule has 2 aromatic carbocycles. The van der Waals surface area contributed by atoms with Crippen LogP contribution < -0.4 is 5.43 Å². The smallest absolute Gasteiger partial charge is 0.246 e. The molecule has 4 heteroatoms. The molecule has 0 aliphatic heterocycles. The number of hydrogen-bond acceptors (Lipinski definition) is 3. The number of hydrazone groups is 1. The Hall–Kier alpha value is -2.36. The number of phenolic OH excluding ortho intramolecular Hbond substituents is 1. The van der Waals surface area contributed by atoms with Gasteiger partial charge in [0, 0.05) is 5.56 Å². The Morgan fingerprint density at radius 1 is 1.07 bits per heavy atom. The Kier molecular flexibility index (Phi) is 3.68. The van der Waals surface area contributed by atoms with Gasteiger partial charge in [-0.1, -0.05) is 44.2 Å². The summed E-state index contributed by atoms with van der Waals surface area (Å²) in [5.74, 6) is 0.902. The number of hydrogen-bond donors (Lipinski definition) is 2. The fourth-order valence-electron chi connectivity index (χ4n) is 7.39. The Bertz CT molecular complexity index is 977. The van der Waals surface area contributed by atoms with Crippen molar-refractivity contribution in [2.45, 2.75) is 52.4 Å². The third kappa shape index (κ3) is 2.73. The Morgan fingerprint density at radius 2 is 1.79 bits per heavy atom. The second-order valence-electron chi connectivity index (χ2n) is 10.3. The van der Waals surface area contributed by atoms with Gasteiger partial charge in [-0.2, -0.15) is 5.10 Å². The Balaban J connectivity index is 1.40. The molecule has 2 atom stereocenters. The molecule has 4 nitrogen and oxygen atoms in total. The first-order valence-corrected chi connectivity index (χ1v) is 10.3. The van der Waals surface area contributed by atoms with E-state index in [2.05, 4.69) is 24.4 Å². The van der Waals surface area contributed by atoms with Crippen LogP contribution in [-0.4, -0.2) is 17.2 Å². The van der Waals surface area contributed by atoms with Crippen LogP contribution in [0, 0.1) is 22.2 Å². The Labute approximate surface area is 166 Å². The molecule has 2 N–H and O–H groups in total. The van der Waals surface area contributed by atoms with Gasteiger partial charge in [-0.3, -0.25) is 4.79 Å². The molecule has 0 spiro atoms. The summed E-state index contributed by atoms with van der Waals surface area (Å²) in [5.41, 5.74) is 3.79. The van der Waals surface area contributed by atoms with E-state index in [1.807, 2.05) is 30.3 Å². The number of amides is 1. The maximum atomic E-state index is 13.2. The monoisotopic (exact) mass is 376 g/mol. The van der Waals surface area contributed by atoms with Gasteiger partial charge in [0.05, 0.1) is 11.6 Å². The van der Waals surface area contributed by atoms with Crippen LogP contribution >= 0.6 is 0 Å². The van der Waals surface area contributed by atoms with Crippen molar-refractivity contribution in [1.82, 2.24) is 5.43 Å². The van der Waals surface area contributed by atoms with E-state index < -0.39 is 0 Å². The zero-order chi connectivity index (χ0) is 19.6. The first-order valence-electron chi connectivity index (χ1n) is 10.3. The van der Waals surface area contributed by atoms with Crippen molar-refractivity contribution in [3.8, 4) is 5.75 Å². The topological polar surface area (TPSA) is 61.7 Å². The van der Waals surface area contributed by atoms with Crippen molar-refractivity contribution >= 4 is 22.9 Å². The summed E-state index contributed by atoms with van der Waals surface area (Å²) in [4.78, 5) is 13.2. The van der Waals surface area contributed by atoms with E-state index in [0.717, 1.165) is 30.0 Å². The number of fused-ring (bicyclic) bond motifs is 1. The summed E-state index contributed by atoms with van der Waals surface area (Å²) < 4.78 is 0. The van der Waals surface area contributed by atoms with Crippen LogP contribution in [0.15, 0.2) is 41.5 Å². The number of nitrogens with zero attached hydrogens (tertiary/aromatic N) is 1. The molecular weight excluding hydrogens is 348 g/mol. The van der Waals surface area contributed by atoms with Gasteiger partial charge in [-0.25, -0.2) is 5.43 Å². The van der Waals surface area contributed by atoms with E-state index in [4.69, 9.17) is 0 Å². The molecule has 146 valence electrons. The summed E-state index contributed by atoms with van der Waals surface area (Å²) in [5, 5.41) is 16.5. The first kappa shape index (κ1) is 17.7. The number of phenols is 1. The lowest BCUT2D eigenvalue weighted by Crippen LogP contribution is -2.59. The second-order valence-corrected chi connectivity index (χ2v) is 10.3. The van der Waals surface area contributed by atoms with Gasteiger partial charge in [0.1, 0.15) is 5.75 Å². The summed E-state index contributed by atoms with van der Waals surface area (Å²) in [7, 11) is 0. The molecule has 4 bridgehead atoms. The minimum atomic E-state index is -0.277. The van der Waals surface area contributed by atoms with Crippen LogP contribution in [0.1, 0.15) is 57.9 Å². The van der Waals surface area contributed by atoms with Crippen LogP contribution in [0.5, 0.6) is 5.75 Å². The molecule has 1 amide bonds. The highest BCUT2D eigenvalue weighted by molar-refractivity contribution is 6.02. The SMILES string of the molecule is CC12CC3CC(C)(C1)CC(C(=O)NN=Cc1c(O)ccc4ccccc14)(C3)C2.